The van der Waals surface area contributed by atoms with Crippen LogP contribution < -0.4 is 4.74 Å². The highest BCUT2D eigenvalue weighted by molar-refractivity contribution is 9.11. The average molecular weight is 470 g/mol. The maximum Gasteiger partial charge on any atom is 0.308 e. The fraction of sp³-hybridized carbons (Fsp3) is 0.600. The first-order valence-corrected chi connectivity index (χ1v) is 10.6. The Morgan fingerprint density at radius 1 is 1.24 bits per heavy atom. The van der Waals surface area contributed by atoms with E-state index in [4.69, 9.17) is 4.74 Å². The summed E-state index contributed by atoms with van der Waals surface area (Å²) in [5, 5.41) is 0. The molecule has 1 aromatic rings. The minimum Gasteiger partial charge on any atom is -0.424 e. The molecule has 0 aromatic heterocycles. The predicted molar refractivity (Wildman–Crippen MR) is 103 cm³/mol. The third kappa shape index (κ3) is 2.64. The Balaban J connectivity index is 1.74. The first kappa shape index (κ1) is 17.7. The van der Waals surface area contributed by atoms with Gasteiger partial charge in [0.25, 0.3) is 0 Å². The van der Waals surface area contributed by atoms with Gasteiger partial charge in [-0.05, 0) is 98.9 Å². The summed E-state index contributed by atoms with van der Waals surface area (Å²) in [6, 6.07) is 2.15. The summed E-state index contributed by atoms with van der Waals surface area (Å²) in [5.74, 6) is 2.38. The maximum atomic E-state index is 12.4. The standard InChI is InChI=1S/C20H22Br2O3/c1-10(23)25-19-16(21)9-14-11-7-8-20(2)15(5-6-17(20)24)12(11)3-4-13(14)18(19)22/h9,11-12,15H,3-8H2,1-2H3. The Hall–Kier alpha value is -0.680. The van der Waals surface area contributed by atoms with Crippen molar-refractivity contribution in [3.8, 4) is 5.75 Å². The van der Waals surface area contributed by atoms with Gasteiger partial charge in [-0.25, -0.2) is 0 Å². The van der Waals surface area contributed by atoms with Gasteiger partial charge in [0.15, 0.2) is 5.75 Å². The van der Waals surface area contributed by atoms with Gasteiger partial charge in [-0.3, -0.25) is 9.59 Å². The van der Waals surface area contributed by atoms with Gasteiger partial charge in [-0.1, -0.05) is 6.92 Å². The molecule has 0 amide bonds. The van der Waals surface area contributed by atoms with Crippen LogP contribution in [0.1, 0.15) is 63.0 Å². The van der Waals surface area contributed by atoms with Gasteiger partial charge in [-0.2, -0.15) is 0 Å². The molecule has 4 atom stereocenters. The van der Waals surface area contributed by atoms with Crippen LogP contribution in [0.15, 0.2) is 15.0 Å². The van der Waals surface area contributed by atoms with E-state index in [9.17, 15) is 9.59 Å². The quantitative estimate of drug-likeness (QED) is 0.399. The minimum absolute atomic E-state index is 0.0924. The van der Waals surface area contributed by atoms with Crippen molar-refractivity contribution in [2.75, 3.05) is 0 Å². The first-order valence-electron chi connectivity index (χ1n) is 9.05. The second-order valence-corrected chi connectivity index (χ2v) is 9.64. The zero-order valence-corrected chi connectivity index (χ0v) is 17.7. The van der Waals surface area contributed by atoms with E-state index in [2.05, 4.69) is 44.8 Å². The number of esters is 1. The summed E-state index contributed by atoms with van der Waals surface area (Å²) in [6.45, 7) is 3.63. The van der Waals surface area contributed by atoms with Crippen molar-refractivity contribution in [1.82, 2.24) is 0 Å². The van der Waals surface area contributed by atoms with Gasteiger partial charge in [0.1, 0.15) is 5.78 Å². The molecule has 0 N–H and O–H groups in total. The Morgan fingerprint density at radius 2 is 2.00 bits per heavy atom. The fourth-order valence-electron chi connectivity index (χ4n) is 5.64. The van der Waals surface area contributed by atoms with Crippen LogP contribution in [-0.4, -0.2) is 11.8 Å². The van der Waals surface area contributed by atoms with Crippen molar-refractivity contribution >= 4 is 43.6 Å². The molecule has 0 saturated heterocycles. The van der Waals surface area contributed by atoms with Gasteiger partial charge in [-0.15, -0.1) is 0 Å². The molecule has 0 spiro atoms. The largest absolute Gasteiger partial charge is 0.424 e. The van der Waals surface area contributed by atoms with E-state index < -0.39 is 0 Å². The molecule has 0 heterocycles. The van der Waals surface area contributed by atoms with Crippen LogP contribution in [0.3, 0.4) is 0 Å². The molecule has 3 nitrogen and oxygen atoms in total. The summed E-state index contributed by atoms with van der Waals surface area (Å²) in [4.78, 5) is 23.9. The van der Waals surface area contributed by atoms with Crippen molar-refractivity contribution in [3.05, 3.63) is 26.1 Å². The summed E-state index contributed by atoms with van der Waals surface area (Å²) in [5.41, 5.74) is 2.55. The molecule has 1 aromatic carbocycles. The van der Waals surface area contributed by atoms with Gasteiger partial charge in [0.2, 0.25) is 0 Å². The van der Waals surface area contributed by atoms with Crippen molar-refractivity contribution in [2.45, 2.75) is 58.3 Å². The van der Waals surface area contributed by atoms with Crippen LogP contribution >= 0.6 is 31.9 Å². The van der Waals surface area contributed by atoms with Gasteiger partial charge < -0.3 is 4.74 Å². The van der Waals surface area contributed by atoms with E-state index in [1.807, 2.05) is 0 Å². The van der Waals surface area contributed by atoms with Crippen molar-refractivity contribution < 1.29 is 14.3 Å². The Labute approximate surface area is 165 Å². The van der Waals surface area contributed by atoms with Crippen LogP contribution in [0.2, 0.25) is 0 Å². The maximum absolute atomic E-state index is 12.4. The molecule has 0 aliphatic heterocycles. The smallest absolute Gasteiger partial charge is 0.308 e. The molecule has 2 saturated carbocycles. The molecule has 0 radical (unpaired) electrons. The summed E-state index contributed by atoms with van der Waals surface area (Å²) in [6.07, 6.45) is 5.97. The van der Waals surface area contributed by atoms with Crippen molar-refractivity contribution in [1.29, 1.82) is 0 Å². The van der Waals surface area contributed by atoms with E-state index in [-0.39, 0.29) is 11.4 Å². The predicted octanol–water partition coefficient (Wildman–Crippen LogP) is 5.56. The molecule has 3 aliphatic carbocycles. The Kier molecular flexibility index (Phi) is 4.39. The number of carbonyl (C=O) groups is 2. The Morgan fingerprint density at radius 3 is 2.72 bits per heavy atom. The van der Waals surface area contributed by atoms with Crippen LogP contribution in [0.5, 0.6) is 5.75 Å². The van der Waals surface area contributed by atoms with E-state index in [0.717, 1.165) is 47.5 Å². The molecular formula is C20H22Br2O3. The molecule has 134 valence electrons. The van der Waals surface area contributed by atoms with Crippen molar-refractivity contribution in [2.24, 2.45) is 17.3 Å². The lowest BCUT2D eigenvalue weighted by Gasteiger charge is -2.48. The SMILES string of the molecule is CC(=O)Oc1c(Br)cc2c(c1Br)CCC1C2CCC2(C)C(=O)CCC12. The van der Waals surface area contributed by atoms with E-state index in [0.29, 0.717) is 29.3 Å². The van der Waals surface area contributed by atoms with Gasteiger partial charge in [0, 0.05) is 18.8 Å². The number of rotatable bonds is 1. The Bertz CT molecular complexity index is 773. The zero-order chi connectivity index (χ0) is 17.9. The average Bonchev–Trinajstić information content (AvgIpc) is 2.86. The number of hydrogen-bond donors (Lipinski definition) is 0. The van der Waals surface area contributed by atoms with Crippen LogP contribution in [0.25, 0.3) is 0 Å². The normalized spacial score (nSPS) is 33.4. The van der Waals surface area contributed by atoms with Gasteiger partial charge in [0.05, 0.1) is 8.95 Å². The van der Waals surface area contributed by atoms with Crippen molar-refractivity contribution in [3.63, 3.8) is 0 Å². The lowest BCUT2D eigenvalue weighted by Crippen LogP contribution is -2.42. The van der Waals surface area contributed by atoms with E-state index in [1.54, 1.807) is 0 Å². The van der Waals surface area contributed by atoms with Gasteiger partial charge >= 0.3 is 5.97 Å². The third-order valence-corrected chi connectivity index (χ3v) is 8.26. The highest BCUT2D eigenvalue weighted by Crippen LogP contribution is 2.60. The molecule has 25 heavy (non-hydrogen) atoms. The van der Waals surface area contributed by atoms with Crippen LogP contribution in [-0.2, 0) is 16.0 Å². The fourth-order valence-corrected chi connectivity index (χ4v) is 7.15. The van der Waals surface area contributed by atoms with Crippen LogP contribution in [0, 0.1) is 17.3 Å². The minimum atomic E-state index is -0.312. The number of carbonyl (C=O) groups excluding carboxylic acids is 2. The summed E-state index contributed by atoms with van der Waals surface area (Å²) >= 11 is 7.26. The summed E-state index contributed by atoms with van der Waals surface area (Å²) in [7, 11) is 0. The highest BCUT2D eigenvalue weighted by Gasteiger charge is 2.54. The molecule has 4 unspecified atom stereocenters. The number of ketones is 1. The first-order chi connectivity index (χ1) is 11.8. The molecule has 4 rings (SSSR count). The molecule has 0 bridgehead atoms. The zero-order valence-electron chi connectivity index (χ0n) is 14.5. The number of benzene rings is 1. The second kappa shape index (κ2) is 6.19. The monoisotopic (exact) mass is 468 g/mol. The topological polar surface area (TPSA) is 43.4 Å². The second-order valence-electron chi connectivity index (χ2n) is 8.00. The van der Waals surface area contributed by atoms with E-state index in [1.165, 1.54) is 18.1 Å². The van der Waals surface area contributed by atoms with Crippen LogP contribution in [0.4, 0.5) is 0 Å². The molecule has 3 aliphatic rings. The summed E-state index contributed by atoms with van der Waals surface area (Å²) < 4.78 is 7.13. The number of halogens is 2. The lowest BCUT2D eigenvalue weighted by atomic mass is 9.55. The number of hydrogen-bond acceptors (Lipinski definition) is 3. The number of fused-ring (bicyclic) bond motifs is 5. The lowest BCUT2D eigenvalue weighted by molar-refractivity contribution is -0.132. The molecule has 5 heteroatoms. The van der Waals surface area contributed by atoms with E-state index >= 15 is 0 Å². The highest BCUT2D eigenvalue weighted by atomic mass is 79.9. The third-order valence-electron chi connectivity index (χ3n) is 6.83. The number of ether oxygens (including phenoxy) is 1. The molecule has 2 fully saturated rings. The number of Topliss-reactive ketones (excluding diaryl/α,β-unsaturated/α-hetero) is 1. The molecular weight excluding hydrogens is 448 g/mol.